The number of hydrogen-bond donors (Lipinski definition) is 21. The van der Waals surface area contributed by atoms with Crippen LogP contribution in [0.4, 0.5) is 11.4 Å². The van der Waals surface area contributed by atoms with E-state index in [9.17, 15) is 0 Å². The van der Waals surface area contributed by atoms with Crippen molar-refractivity contribution in [2.45, 2.75) is 98.6 Å². The molecule has 136 heavy (non-hydrogen) atoms. The molecule has 0 aliphatic rings. The van der Waals surface area contributed by atoms with E-state index in [2.05, 4.69) is 95.8 Å². The van der Waals surface area contributed by atoms with Crippen molar-refractivity contribution in [3.8, 4) is 0 Å². The van der Waals surface area contributed by atoms with Crippen LogP contribution in [0.2, 0.25) is 40.2 Å². The molecule has 0 radical (unpaired) electrons. The number of benzene rings is 8. The van der Waals surface area contributed by atoms with Crippen molar-refractivity contribution in [1.82, 2.24) is 25.3 Å². The Morgan fingerprint density at radius 3 is 0.882 bits per heavy atom. The molecule has 8 aromatic rings. The van der Waals surface area contributed by atoms with E-state index in [1.165, 1.54) is 0 Å². The second-order valence-corrected chi connectivity index (χ2v) is 32.6. The Bertz CT molecular complexity index is 5470. The molecule has 48 heteroatoms. The Morgan fingerprint density at radius 2 is 0.551 bits per heavy atom. The van der Waals surface area contributed by atoms with Crippen LogP contribution in [-0.4, -0.2) is 190 Å². The summed E-state index contributed by atoms with van der Waals surface area (Å²) in [5.74, 6) is 2.66. The third-order valence-corrected chi connectivity index (χ3v) is 17.2. The molecular formula is C88H128Cl8N40. The third-order valence-electron chi connectivity index (χ3n) is 15.3. The van der Waals surface area contributed by atoms with Gasteiger partial charge >= 0.3 is 0 Å². The molecule has 0 amide bonds. The zero-order chi connectivity index (χ0) is 102. The number of halogens is 8. The molecule has 0 fully saturated rings. The number of nitrogens with one attached hydrogen (secondary N) is 3. The minimum absolute atomic E-state index is 0.0509. The number of nitrogens with zero attached hydrogens (tertiary/aromatic N) is 19. The van der Waals surface area contributed by atoms with Crippen LogP contribution in [-0.2, 0) is 38.9 Å². The van der Waals surface area contributed by atoms with Gasteiger partial charge in [0.25, 0.3) is 0 Å². The summed E-state index contributed by atoms with van der Waals surface area (Å²) in [7, 11) is 10.7. The van der Waals surface area contributed by atoms with Gasteiger partial charge in [0.15, 0.2) is 53.6 Å². The van der Waals surface area contributed by atoms with Gasteiger partial charge in [-0.1, -0.05) is 178 Å². The van der Waals surface area contributed by atoms with Crippen molar-refractivity contribution in [3.63, 3.8) is 0 Å². The first kappa shape index (κ1) is 120. The number of aliphatic imine (C=N–C) groups is 16. The highest BCUT2D eigenvalue weighted by molar-refractivity contribution is 6.33. The van der Waals surface area contributed by atoms with Gasteiger partial charge in [0.05, 0.1) is 25.3 Å². The summed E-state index contributed by atoms with van der Waals surface area (Å²) >= 11 is 46.8. The summed E-state index contributed by atoms with van der Waals surface area (Å²) in [6, 6.07) is 59.5. The van der Waals surface area contributed by atoms with Crippen LogP contribution >= 0.6 is 92.8 Å². The molecule has 8 aromatic carbocycles. The molecule has 0 bridgehead atoms. The lowest BCUT2D eigenvalue weighted by atomic mass is 10.1. The quantitative estimate of drug-likeness (QED) is 0.0250. The fraction of sp³-hybridized carbons (Fsp3) is 0.273. The Kier molecular flexibility index (Phi) is 60.1. The number of anilines is 1. The van der Waals surface area contributed by atoms with Crippen LogP contribution in [0.25, 0.3) is 0 Å². The maximum Gasteiger partial charge on any atom is 0.223 e. The summed E-state index contributed by atoms with van der Waals surface area (Å²) in [6.07, 6.45) is 2.27. The van der Waals surface area contributed by atoms with Crippen molar-refractivity contribution in [2.75, 3.05) is 67.2 Å². The van der Waals surface area contributed by atoms with Gasteiger partial charge in [0.1, 0.15) is 0 Å². The maximum absolute atomic E-state index is 5.90. The summed E-state index contributed by atoms with van der Waals surface area (Å²) < 4.78 is 0. The summed E-state index contributed by atoms with van der Waals surface area (Å²) in [5.41, 5.74) is 107. The van der Waals surface area contributed by atoms with Crippen LogP contribution in [0, 0.1) is 0 Å². The largest absolute Gasteiger partial charge is 0.370 e. The number of rotatable bonds is 20. The van der Waals surface area contributed by atoms with Gasteiger partial charge in [-0.2, -0.15) is 30.0 Å². The molecule has 40 nitrogen and oxygen atoms in total. The summed E-state index contributed by atoms with van der Waals surface area (Å²) in [5, 5.41) is 13.7. The van der Waals surface area contributed by atoms with Gasteiger partial charge in [0.2, 0.25) is 41.7 Å². The highest BCUT2D eigenvalue weighted by Gasteiger charge is 2.07. The minimum atomic E-state index is -0.109. The zero-order valence-electron chi connectivity index (χ0n) is 78.0. The molecule has 0 heterocycles. The second kappa shape index (κ2) is 68.1. The predicted molar refractivity (Wildman–Crippen MR) is 579 cm³/mol. The summed E-state index contributed by atoms with van der Waals surface area (Å²) in [6.45, 7) is 14.4. The van der Waals surface area contributed by atoms with Gasteiger partial charge in [-0.05, 0) is 203 Å². The first-order valence-corrected chi connectivity index (χ1v) is 44.1. The predicted octanol–water partition coefficient (Wildman–Crippen LogP) is 8.93. The standard InChI is InChI=1S/C13H20ClN5.2C12H18ClN5.2C11H16ClN5.2C10H14ClN5.C9H12ClN5/c1-9(2)18-13(16)19-12(15)17-7-6-10-4-3-5-11(14)8-10;1-8(2)17-12(15)18-11(14)16-7-9-4-3-5-10(13)6-9;1-18(2)12(15)17-11(14)16-7-6-9-4-3-5-10(13)8-9;1-17(2)11(14)16-10(13)15-7-8-4-3-5-9(12)6-8;1-7(2)15-10(13)17-11(14)16-9-5-3-4-8(12)6-9;1-16(2)10(13)15-9(12)14-8-5-3-4-7(11)6-8;11-8-3-1-2-7(6-8)4-5-15-10(14)16-9(12)13;10-7-3-1-2-6(4-7)5-14-9(13)15-8(11)12/h3-5,8-9H,6-7H2,1-2H3,(H5,15,16,17,18,19);3-6,8H,7H2,1-2H3,(H5,14,15,16,17,18);3-5,8H,6-7H2,1-2H3,(H4,14,15,16,17);3-6H,7H2,1-2H3,(H4,13,14,15,16);3-7H,1-2H3,(H5,13,14,15,16,17);3-6H,1-2H3,(H4,12,13,14,15);1-3,6H,4-5H2,(H6,12,13,14,15,16);1-4H,5H2,(H6,11,12,13,14,15). The van der Waals surface area contributed by atoms with Crippen molar-refractivity contribution >= 4 is 200 Å². The average molecular weight is 2030 g/mol. The van der Waals surface area contributed by atoms with Crippen molar-refractivity contribution in [2.24, 2.45) is 183 Å². The van der Waals surface area contributed by atoms with Gasteiger partial charge < -0.3 is 123 Å². The lowest BCUT2D eigenvalue weighted by Gasteiger charge is -2.09. The molecule has 0 aliphatic heterocycles. The molecule has 0 saturated carbocycles. The maximum atomic E-state index is 5.90. The van der Waals surface area contributed by atoms with E-state index in [4.69, 9.17) is 196 Å². The third kappa shape index (κ3) is 64.0. The van der Waals surface area contributed by atoms with E-state index in [1.54, 1.807) is 112 Å². The lowest BCUT2D eigenvalue weighted by Crippen LogP contribution is -2.42. The van der Waals surface area contributed by atoms with E-state index < -0.39 is 0 Å². The SMILES string of the molecule is CC(C)N=C(N)N=C(N)Nc1cccc(Cl)c1.CC(C)N=C(N)NC(N)=NCCc1cccc(Cl)c1.CC(C)N=C(N)NC(N)=NCc1cccc(Cl)c1.CN(C)C(N)=NC(N)=NCCc1cccc(Cl)c1.CN(C)C(N)=NC(N)=NCc1cccc(Cl)c1.CN(C)C(N)=NC(N)=Nc1cccc(Cl)c1.NC(N)=NC(N)=NCCc1cccc(Cl)c1.NC(N)=NC(N)=NCc1cccc(Cl)c1. The smallest absolute Gasteiger partial charge is 0.223 e. The zero-order valence-corrected chi connectivity index (χ0v) is 84.0. The molecule has 0 saturated heterocycles. The van der Waals surface area contributed by atoms with E-state index in [1.807, 2.05) is 181 Å². The highest BCUT2D eigenvalue weighted by Crippen LogP contribution is 2.20. The van der Waals surface area contributed by atoms with E-state index >= 15 is 0 Å². The Hall–Kier alpha value is -14.0. The van der Waals surface area contributed by atoms with Gasteiger partial charge in [-0.25, -0.2) is 25.0 Å². The number of hydrogen-bond acceptors (Lipinski definition) is 10. The molecule has 0 aromatic heterocycles. The van der Waals surface area contributed by atoms with E-state index in [-0.39, 0.29) is 95.6 Å². The highest BCUT2D eigenvalue weighted by atomic mass is 35.5. The molecule has 0 spiro atoms. The molecular weight excluding hydrogens is 1900 g/mol. The monoisotopic (exact) mass is 2020 g/mol. The van der Waals surface area contributed by atoms with Crippen LogP contribution < -0.4 is 119 Å². The average Bonchev–Trinajstić information content (AvgIpc) is 0.873. The van der Waals surface area contributed by atoms with Crippen molar-refractivity contribution < 1.29 is 0 Å². The molecule has 736 valence electrons. The van der Waals surface area contributed by atoms with Gasteiger partial charge in [0, 0.05) is 126 Å². The molecule has 0 unspecified atom stereocenters. The normalized spacial score (nSPS) is 12.4. The van der Waals surface area contributed by atoms with Gasteiger partial charge in [-0.15, -0.1) is 0 Å². The minimum Gasteiger partial charge on any atom is -0.370 e. The van der Waals surface area contributed by atoms with Crippen LogP contribution in [0.15, 0.2) is 274 Å². The fourth-order valence-electron chi connectivity index (χ4n) is 9.29. The topological polar surface area (TPSA) is 712 Å². The Morgan fingerprint density at radius 1 is 0.272 bits per heavy atom. The molecule has 0 aliphatic carbocycles. The number of guanidine groups is 16. The fourth-order valence-corrected chi connectivity index (χ4v) is 10.9. The van der Waals surface area contributed by atoms with Crippen LogP contribution in [0.3, 0.4) is 0 Å². The Labute approximate surface area is 835 Å². The Balaban J connectivity index is 0.000000778. The molecule has 39 N–H and O–H groups in total. The molecule has 8 rings (SSSR count). The molecule has 0 atom stereocenters. The number of nitrogens with two attached hydrogens (primary N) is 18. The second-order valence-electron chi connectivity index (χ2n) is 29.1. The van der Waals surface area contributed by atoms with Crippen LogP contribution in [0.1, 0.15) is 74.9 Å². The summed E-state index contributed by atoms with van der Waals surface area (Å²) in [4.78, 5) is 68.6. The van der Waals surface area contributed by atoms with Crippen LogP contribution in [0.5, 0.6) is 0 Å². The van der Waals surface area contributed by atoms with E-state index in [0.717, 1.165) is 68.4 Å². The first-order chi connectivity index (χ1) is 64.0. The van der Waals surface area contributed by atoms with E-state index in [0.29, 0.717) is 93.0 Å². The first-order valence-electron chi connectivity index (χ1n) is 41.0. The van der Waals surface area contributed by atoms with Crippen molar-refractivity contribution in [3.05, 3.63) is 268 Å². The lowest BCUT2D eigenvalue weighted by molar-refractivity contribution is 0.615. The van der Waals surface area contributed by atoms with Crippen molar-refractivity contribution in [1.29, 1.82) is 0 Å². The van der Waals surface area contributed by atoms with Gasteiger partial charge in [-0.3, -0.25) is 35.6 Å².